The fraction of sp³-hybridized carbons (Fsp3) is 0.375. The number of thioether (sulfide) groups is 1. The standard InChI is InChI=1S/C16H18N2O2S2/c1-10(19)17-12-6-5-11(8-15(12)21-2)13-9-22-16(18-13)14-4-3-7-20-14/h5-6,8-9,14H,3-4,7H2,1-2H3,(H,17,19)/t14-/m1/s1. The van der Waals surface area contributed by atoms with Crippen LogP contribution in [0.5, 0.6) is 0 Å². The summed E-state index contributed by atoms with van der Waals surface area (Å²) >= 11 is 3.27. The fourth-order valence-corrected chi connectivity index (χ4v) is 3.98. The third-order valence-electron chi connectivity index (χ3n) is 3.54. The van der Waals surface area contributed by atoms with Gasteiger partial charge < -0.3 is 10.1 Å². The van der Waals surface area contributed by atoms with Gasteiger partial charge in [-0.05, 0) is 31.2 Å². The highest BCUT2D eigenvalue weighted by molar-refractivity contribution is 7.98. The van der Waals surface area contributed by atoms with Crippen LogP contribution in [0.2, 0.25) is 0 Å². The predicted molar refractivity (Wildman–Crippen MR) is 91.6 cm³/mol. The number of rotatable bonds is 4. The minimum atomic E-state index is -0.0580. The smallest absolute Gasteiger partial charge is 0.221 e. The molecule has 1 amide bonds. The van der Waals surface area contributed by atoms with Gasteiger partial charge in [0, 0.05) is 29.4 Å². The molecule has 0 saturated carbocycles. The third-order valence-corrected chi connectivity index (χ3v) is 5.25. The highest BCUT2D eigenvalue weighted by Crippen LogP contribution is 2.35. The monoisotopic (exact) mass is 334 g/mol. The van der Waals surface area contributed by atoms with E-state index in [-0.39, 0.29) is 12.0 Å². The van der Waals surface area contributed by atoms with Crippen LogP contribution in [0.25, 0.3) is 11.3 Å². The van der Waals surface area contributed by atoms with Crippen molar-refractivity contribution in [2.45, 2.75) is 30.8 Å². The molecule has 1 atom stereocenters. The Morgan fingerprint density at radius 3 is 3.05 bits per heavy atom. The van der Waals surface area contributed by atoms with Gasteiger partial charge in [-0.3, -0.25) is 4.79 Å². The van der Waals surface area contributed by atoms with Crippen LogP contribution in [0.3, 0.4) is 0 Å². The highest BCUT2D eigenvalue weighted by atomic mass is 32.2. The maximum Gasteiger partial charge on any atom is 0.221 e. The van der Waals surface area contributed by atoms with Gasteiger partial charge in [0.1, 0.15) is 11.1 Å². The van der Waals surface area contributed by atoms with Crippen molar-refractivity contribution in [3.05, 3.63) is 28.6 Å². The summed E-state index contributed by atoms with van der Waals surface area (Å²) in [7, 11) is 0. The van der Waals surface area contributed by atoms with E-state index in [2.05, 4.69) is 16.8 Å². The summed E-state index contributed by atoms with van der Waals surface area (Å²) in [6.45, 7) is 2.36. The van der Waals surface area contributed by atoms with Crippen LogP contribution in [0.15, 0.2) is 28.5 Å². The molecule has 22 heavy (non-hydrogen) atoms. The van der Waals surface area contributed by atoms with Gasteiger partial charge in [0.05, 0.1) is 11.4 Å². The zero-order chi connectivity index (χ0) is 15.5. The Bertz CT molecular complexity index is 679. The molecule has 0 spiro atoms. The van der Waals surface area contributed by atoms with E-state index in [1.807, 2.05) is 18.4 Å². The molecular formula is C16H18N2O2S2. The van der Waals surface area contributed by atoms with Crippen molar-refractivity contribution in [1.82, 2.24) is 4.98 Å². The first-order valence-electron chi connectivity index (χ1n) is 7.20. The minimum Gasteiger partial charge on any atom is -0.371 e. The lowest BCUT2D eigenvalue weighted by molar-refractivity contribution is -0.114. The first-order valence-corrected chi connectivity index (χ1v) is 9.31. The second-order valence-electron chi connectivity index (χ2n) is 5.17. The lowest BCUT2D eigenvalue weighted by atomic mass is 10.1. The number of anilines is 1. The summed E-state index contributed by atoms with van der Waals surface area (Å²) < 4.78 is 5.69. The number of hydrogen-bond donors (Lipinski definition) is 1. The maximum atomic E-state index is 11.2. The van der Waals surface area contributed by atoms with Crippen LogP contribution < -0.4 is 5.32 Å². The molecule has 6 heteroatoms. The summed E-state index contributed by atoms with van der Waals surface area (Å²) in [5.74, 6) is -0.0580. The van der Waals surface area contributed by atoms with Crippen LogP contribution in [0.4, 0.5) is 5.69 Å². The number of hydrogen-bond acceptors (Lipinski definition) is 5. The second-order valence-corrected chi connectivity index (χ2v) is 6.91. The Labute approximate surface area is 138 Å². The lowest BCUT2D eigenvalue weighted by Crippen LogP contribution is -2.06. The first kappa shape index (κ1) is 15.5. The molecule has 1 aromatic heterocycles. The molecule has 3 rings (SSSR count). The zero-order valence-corrected chi connectivity index (χ0v) is 14.2. The zero-order valence-electron chi connectivity index (χ0n) is 12.6. The van der Waals surface area contributed by atoms with Crippen LogP contribution >= 0.6 is 23.1 Å². The van der Waals surface area contributed by atoms with E-state index in [9.17, 15) is 4.79 Å². The number of nitrogens with zero attached hydrogens (tertiary/aromatic N) is 1. The number of carbonyl (C=O) groups is 1. The number of benzene rings is 1. The molecule has 1 aliphatic rings. The van der Waals surface area contributed by atoms with Crippen molar-refractivity contribution in [2.75, 3.05) is 18.2 Å². The Morgan fingerprint density at radius 2 is 2.36 bits per heavy atom. The number of nitrogens with one attached hydrogen (secondary N) is 1. The lowest BCUT2D eigenvalue weighted by Gasteiger charge is -2.09. The van der Waals surface area contributed by atoms with E-state index in [1.54, 1.807) is 23.1 Å². The summed E-state index contributed by atoms with van der Waals surface area (Å²) in [6.07, 6.45) is 4.34. The maximum absolute atomic E-state index is 11.2. The molecule has 2 aromatic rings. The number of carbonyl (C=O) groups excluding carboxylic acids is 1. The van der Waals surface area contributed by atoms with Gasteiger partial charge in [0.25, 0.3) is 0 Å². The Balaban J connectivity index is 1.86. The van der Waals surface area contributed by atoms with Crippen molar-refractivity contribution in [2.24, 2.45) is 0 Å². The van der Waals surface area contributed by atoms with Crippen LogP contribution in [-0.4, -0.2) is 23.8 Å². The van der Waals surface area contributed by atoms with Gasteiger partial charge in [-0.1, -0.05) is 6.07 Å². The van der Waals surface area contributed by atoms with Crippen molar-refractivity contribution in [3.63, 3.8) is 0 Å². The van der Waals surface area contributed by atoms with Crippen LogP contribution in [-0.2, 0) is 9.53 Å². The molecule has 0 unspecified atom stereocenters. The van der Waals surface area contributed by atoms with E-state index in [0.717, 1.165) is 46.3 Å². The molecule has 2 heterocycles. The van der Waals surface area contributed by atoms with Crippen molar-refractivity contribution >= 4 is 34.7 Å². The van der Waals surface area contributed by atoms with Crippen LogP contribution in [0.1, 0.15) is 30.9 Å². The largest absolute Gasteiger partial charge is 0.371 e. The fourth-order valence-electron chi connectivity index (χ4n) is 2.48. The van der Waals surface area contributed by atoms with Crippen molar-refractivity contribution in [1.29, 1.82) is 0 Å². The molecule has 0 radical (unpaired) electrons. The SMILES string of the molecule is CSc1cc(-c2csc([C@H]3CCCO3)n2)ccc1NC(C)=O. The average molecular weight is 334 g/mol. The van der Waals surface area contributed by atoms with Gasteiger partial charge >= 0.3 is 0 Å². The molecular weight excluding hydrogens is 316 g/mol. The number of aromatic nitrogens is 1. The number of amides is 1. The molecule has 1 aromatic carbocycles. The molecule has 116 valence electrons. The third kappa shape index (κ3) is 3.34. The molecule has 1 aliphatic heterocycles. The van der Waals surface area contributed by atoms with Gasteiger partial charge in [0.15, 0.2) is 0 Å². The second kappa shape index (κ2) is 6.81. The molecule has 1 saturated heterocycles. The topological polar surface area (TPSA) is 51.2 Å². The van der Waals surface area contributed by atoms with Gasteiger partial charge in [-0.15, -0.1) is 23.1 Å². The molecule has 0 aliphatic carbocycles. The van der Waals surface area contributed by atoms with E-state index >= 15 is 0 Å². The normalized spacial score (nSPS) is 17.6. The average Bonchev–Trinajstić information content (AvgIpc) is 3.18. The van der Waals surface area contributed by atoms with Crippen molar-refractivity contribution in [3.8, 4) is 11.3 Å². The van der Waals surface area contributed by atoms with Gasteiger partial charge in [-0.2, -0.15) is 0 Å². The van der Waals surface area contributed by atoms with Crippen molar-refractivity contribution < 1.29 is 9.53 Å². The minimum absolute atomic E-state index is 0.0580. The van der Waals surface area contributed by atoms with E-state index in [4.69, 9.17) is 9.72 Å². The molecule has 4 nitrogen and oxygen atoms in total. The Morgan fingerprint density at radius 1 is 1.50 bits per heavy atom. The summed E-state index contributed by atoms with van der Waals surface area (Å²) in [5, 5.41) is 5.99. The molecule has 1 fully saturated rings. The molecule has 1 N–H and O–H groups in total. The highest BCUT2D eigenvalue weighted by Gasteiger charge is 2.21. The van der Waals surface area contributed by atoms with Crippen LogP contribution in [0, 0.1) is 0 Å². The Kier molecular flexibility index (Phi) is 4.81. The number of ether oxygens (including phenoxy) is 1. The number of thiazole rings is 1. The van der Waals surface area contributed by atoms with E-state index in [0.29, 0.717) is 0 Å². The van der Waals surface area contributed by atoms with Gasteiger partial charge in [-0.25, -0.2) is 4.98 Å². The molecule has 0 bridgehead atoms. The van der Waals surface area contributed by atoms with E-state index < -0.39 is 0 Å². The van der Waals surface area contributed by atoms with Gasteiger partial charge in [0.2, 0.25) is 5.91 Å². The summed E-state index contributed by atoms with van der Waals surface area (Å²) in [4.78, 5) is 17.0. The quantitative estimate of drug-likeness (QED) is 0.845. The first-order chi connectivity index (χ1) is 10.7. The predicted octanol–water partition coefficient (Wildman–Crippen LogP) is 4.34. The summed E-state index contributed by atoms with van der Waals surface area (Å²) in [6, 6.07) is 6.01. The van der Waals surface area contributed by atoms with E-state index in [1.165, 1.54) is 6.92 Å². The summed E-state index contributed by atoms with van der Waals surface area (Å²) in [5.41, 5.74) is 2.89. The Hall–Kier alpha value is -1.37.